The molecule has 0 radical (unpaired) electrons. The first-order valence-electron chi connectivity index (χ1n) is 17.2. The summed E-state index contributed by atoms with van der Waals surface area (Å²) < 4.78 is 51.6. The molecule has 0 aliphatic carbocycles. The first-order valence-corrected chi connectivity index (χ1v) is 19.9. The third-order valence-corrected chi connectivity index (χ3v) is 15.3. The largest absolute Gasteiger partial charge is 0.410 e. The quantitative estimate of drug-likeness (QED) is 0.100. The maximum absolute atomic E-state index is 16.7. The molecule has 4 aromatic rings. The van der Waals surface area contributed by atoms with Gasteiger partial charge in [0, 0.05) is 42.7 Å². The summed E-state index contributed by atoms with van der Waals surface area (Å²) >= 11 is 1.02. The summed E-state index contributed by atoms with van der Waals surface area (Å²) in [5, 5.41) is 17.0. The Balaban J connectivity index is 1.46. The van der Waals surface area contributed by atoms with E-state index in [0.717, 1.165) is 21.7 Å². The van der Waals surface area contributed by atoms with Crippen LogP contribution in [0, 0.1) is 11.6 Å². The molecule has 2 saturated heterocycles. The molecule has 1 N–H and O–H groups in total. The van der Waals surface area contributed by atoms with Gasteiger partial charge in [-0.25, -0.2) is 13.8 Å². The monoisotopic (exact) mass is 734 g/mol. The van der Waals surface area contributed by atoms with Gasteiger partial charge >= 0.3 is 0 Å². The van der Waals surface area contributed by atoms with Gasteiger partial charge in [-0.15, -0.1) is 11.3 Å². The molecule has 2 aliphatic heterocycles. The maximum Gasteiger partial charge on any atom is 0.273 e. The van der Waals surface area contributed by atoms with E-state index < -0.39 is 20.0 Å². The van der Waals surface area contributed by atoms with Crippen molar-refractivity contribution in [2.75, 3.05) is 44.3 Å². The molecule has 3 heterocycles. The number of amides is 1. The molecule has 270 valence electrons. The highest BCUT2D eigenvalue weighted by molar-refractivity contribution is 7.12. The van der Waals surface area contributed by atoms with Gasteiger partial charge in [0.1, 0.15) is 16.4 Å². The van der Waals surface area contributed by atoms with Crippen molar-refractivity contribution in [1.29, 1.82) is 0 Å². The smallest absolute Gasteiger partial charge is 0.273 e. The zero-order valence-electron chi connectivity index (χ0n) is 29.6. The Morgan fingerprint density at radius 2 is 1.59 bits per heavy atom. The number of carbonyl (C=O) groups is 1. The van der Waals surface area contributed by atoms with E-state index in [9.17, 15) is 10.0 Å². The van der Waals surface area contributed by atoms with Crippen LogP contribution in [-0.4, -0.2) is 86.6 Å². The summed E-state index contributed by atoms with van der Waals surface area (Å²) in [6.07, 6.45) is -0.456. The second kappa shape index (κ2) is 15.3. The van der Waals surface area contributed by atoms with E-state index in [4.69, 9.17) is 13.9 Å². The van der Waals surface area contributed by atoms with E-state index >= 15 is 8.78 Å². The molecule has 2 fully saturated rings. The van der Waals surface area contributed by atoms with Crippen molar-refractivity contribution in [3.05, 3.63) is 106 Å². The van der Waals surface area contributed by atoms with Crippen LogP contribution in [0.25, 0.3) is 0 Å². The molecule has 0 unspecified atom stereocenters. The number of nitrogens with zero attached hydrogens (tertiary/aromatic N) is 4. The van der Waals surface area contributed by atoms with E-state index in [1.54, 1.807) is 4.90 Å². The SMILES string of the molecule is C[C@@H]1CN(c2c(CO[Si](c3ccccc3)(c3ccccc3)C(C)(C)C)cc(C(=NO)c3nc(C(=O)N4CCOCC4)cs3)c(F)c2F)C[C@H](C)O1. The van der Waals surface area contributed by atoms with Crippen molar-refractivity contribution in [1.82, 2.24) is 9.88 Å². The van der Waals surface area contributed by atoms with E-state index in [0.29, 0.717) is 45.0 Å². The highest BCUT2D eigenvalue weighted by Gasteiger charge is 2.50. The Kier molecular flexibility index (Phi) is 11.0. The van der Waals surface area contributed by atoms with Crippen LogP contribution in [0.5, 0.6) is 0 Å². The fourth-order valence-corrected chi connectivity index (χ4v) is 12.5. The summed E-state index contributed by atoms with van der Waals surface area (Å²) in [6.45, 7) is 12.5. The molecular weight excluding hydrogens is 691 g/mol. The maximum atomic E-state index is 16.7. The van der Waals surface area contributed by atoms with Gasteiger partial charge in [-0.2, -0.15) is 0 Å². The fraction of sp³-hybridized carbons (Fsp3) is 0.395. The highest BCUT2D eigenvalue weighted by atomic mass is 32.1. The number of hydrogen-bond donors (Lipinski definition) is 1. The molecule has 2 atom stereocenters. The van der Waals surface area contributed by atoms with Gasteiger partial charge in [-0.1, -0.05) is 86.6 Å². The van der Waals surface area contributed by atoms with Gasteiger partial charge in [0.05, 0.1) is 37.7 Å². The molecule has 51 heavy (non-hydrogen) atoms. The number of oxime groups is 1. The number of aromatic nitrogens is 1. The Bertz CT molecular complexity index is 1820. The van der Waals surface area contributed by atoms with Crippen LogP contribution in [0.1, 0.15) is 61.2 Å². The lowest BCUT2D eigenvalue weighted by atomic mass is 10.0. The lowest BCUT2D eigenvalue weighted by molar-refractivity contribution is -0.00553. The number of benzene rings is 3. The summed E-state index contributed by atoms with van der Waals surface area (Å²) in [4.78, 5) is 21.0. The number of morpholine rings is 2. The lowest BCUT2D eigenvalue weighted by Gasteiger charge is -2.43. The third-order valence-electron chi connectivity index (χ3n) is 9.44. The van der Waals surface area contributed by atoms with Crippen LogP contribution in [0.3, 0.4) is 0 Å². The Labute approximate surface area is 302 Å². The minimum Gasteiger partial charge on any atom is -0.410 e. The molecule has 6 rings (SSSR count). The summed E-state index contributed by atoms with van der Waals surface area (Å²) in [5.74, 6) is -2.58. The second-order valence-electron chi connectivity index (χ2n) is 14.1. The Hall–Kier alpha value is -4.01. The van der Waals surface area contributed by atoms with Gasteiger partial charge in [0.15, 0.2) is 11.6 Å². The van der Waals surface area contributed by atoms with Gasteiger partial charge in [-0.3, -0.25) is 4.79 Å². The van der Waals surface area contributed by atoms with Gasteiger partial charge in [0.2, 0.25) is 0 Å². The zero-order chi connectivity index (χ0) is 36.3. The first kappa shape index (κ1) is 36.8. The van der Waals surface area contributed by atoms with Gasteiger partial charge in [-0.05, 0) is 35.3 Å². The number of hydrogen-bond acceptors (Lipinski definition) is 9. The van der Waals surface area contributed by atoms with Crippen molar-refractivity contribution in [3.63, 3.8) is 0 Å². The third kappa shape index (κ3) is 7.36. The lowest BCUT2D eigenvalue weighted by Crippen LogP contribution is -2.66. The van der Waals surface area contributed by atoms with E-state index in [-0.39, 0.29) is 57.4 Å². The second-order valence-corrected chi connectivity index (χ2v) is 19.2. The van der Waals surface area contributed by atoms with E-state index in [1.807, 2.05) is 55.1 Å². The van der Waals surface area contributed by atoms with Gasteiger partial charge < -0.3 is 28.9 Å². The van der Waals surface area contributed by atoms with Crippen molar-refractivity contribution in [3.8, 4) is 0 Å². The van der Waals surface area contributed by atoms with Crippen LogP contribution in [0.4, 0.5) is 14.5 Å². The number of rotatable bonds is 9. The average Bonchev–Trinajstić information content (AvgIpc) is 3.61. The molecule has 9 nitrogen and oxygen atoms in total. The Morgan fingerprint density at radius 1 is 1.00 bits per heavy atom. The van der Waals surface area contributed by atoms with Crippen LogP contribution in [0.2, 0.25) is 5.04 Å². The number of thiazole rings is 1. The normalized spacial score (nSPS) is 19.0. The summed E-state index contributed by atoms with van der Waals surface area (Å²) in [6, 6.07) is 21.7. The molecule has 0 spiro atoms. The van der Waals surface area contributed by atoms with E-state index in [2.05, 4.69) is 55.2 Å². The van der Waals surface area contributed by atoms with Crippen LogP contribution in [-0.2, 0) is 20.5 Å². The average molecular weight is 735 g/mol. The molecule has 0 bridgehead atoms. The van der Waals surface area contributed by atoms with Gasteiger partial charge in [0.25, 0.3) is 14.2 Å². The molecule has 1 amide bonds. The fourth-order valence-electron chi connectivity index (χ4n) is 7.22. The molecular formula is C38H44F2N4O5SSi. The molecule has 0 saturated carbocycles. The van der Waals surface area contributed by atoms with Crippen molar-refractivity contribution in [2.24, 2.45) is 5.16 Å². The van der Waals surface area contributed by atoms with Crippen molar-refractivity contribution < 1.29 is 32.7 Å². The van der Waals surface area contributed by atoms with E-state index in [1.165, 1.54) is 11.4 Å². The number of halogens is 2. The minimum atomic E-state index is -3.11. The molecule has 13 heteroatoms. The highest BCUT2D eigenvalue weighted by Crippen LogP contribution is 2.39. The minimum absolute atomic E-state index is 0.0652. The number of carbonyl (C=O) groups excluding carboxylic acids is 1. The van der Waals surface area contributed by atoms with Crippen molar-refractivity contribution >= 4 is 47.3 Å². The number of anilines is 1. The predicted octanol–water partition coefficient (Wildman–Crippen LogP) is 5.81. The summed E-state index contributed by atoms with van der Waals surface area (Å²) in [7, 11) is -3.11. The number of ether oxygens (including phenoxy) is 2. The van der Waals surface area contributed by atoms with Crippen molar-refractivity contribution in [2.45, 2.75) is 58.5 Å². The van der Waals surface area contributed by atoms with Crippen LogP contribution in [0.15, 0.2) is 77.3 Å². The zero-order valence-corrected chi connectivity index (χ0v) is 31.4. The van der Waals surface area contributed by atoms with Crippen LogP contribution >= 0.6 is 11.3 Å². The topological polar surface area (TPSA) is 96.7 Å². The standard InChI is InChI=1S/C38H44F2N4O5SSi/c1-25-21-44(22-26(2)49-25)35-27(23-48-51(38(3,4)5,28-12-8-6-9-13-28)29-14-10-7-11-15-29)20-30(32(39)33(35)40)34(42-46)36-41-31(24-50-36)37(45)43-16-18-47-19-17-43/h6-15,20,24-26,46H,16-19,21-23H2,1-5H3/t25-,26+. The molecule has 1 aromatic heterocycles. The molecule has 3 aromatic carbocycles. The first-order chi connectivity index (χ1) is 24.4. The molecule has 2 aliphatic rings. The van der Waals surface area contributed by atoms with Crippen LogP contribution < -0.4 is 15.3 Å². The predicted molar refractivity (Wildman–Crippen MR) is 197 cm³/mol. The Morgan fingerprint density at radius 3 is 2.14 bits per heavy atom. The summed E-state index contributed by atoms with van der Waals surface area (Å²) in [5.41, 5.74) is 0.0339.